The van der Waals surface area contributed by atoms with E-state index in [9.17, 15) is 4.79 Å². The molecule has 0 spiro atoms. The maximum absolute atomic E-state index is 10.5. The number of thioether (sulfide) groups is 1. The Morgan fingerprint density at radius 2 is 2.00 bits per heavy atom. The van der Waals surface area contributed by atoms with E-state index >= 15 is 0 Å². The number of hydrogen-bond donors (Lipinski definition) is 0. The van der Waals surface area contributed by atoms with E-state index in [1.807, 2.05) is 23.9 Å². The Bertz CT molecular complexity index is 344. The zero-order valence-corrected chi connectivity index (χ0v) is 10.5. The fourth-order valence-corrected chi connectivity index (χ4v) is 3.69. The van der Waals surface area contributed by atoms with E-state index in [0.717, 1.165) is 23.0 Å². The molecule has 86 valence electrons. The van der Waals surface area contributed by atoms with E-state index in [1.165, 1.54) is 30.6 Å². The van der Waals surface area contributed by atoms with Crippen molar-refractivity contribution >= 4 is 18.0 Å². The van der Waals surface area contributed by atoms with Crippen molar-refractivity contribution in [2.45, 2.75) is 42.8 Å². The summed E-state index contributed by atoms with van der Waals surface area (Å²) in [6.45, 7) is 2.35. The highest BCUT2D eigenvalue weighted by Crippen LogP contribution is 2.35. The van der Waals surface area contributed by atoms with Crippen LogP contribution in [0.2, 0.25) is 0 Å². The van der Waals surface area contributed by atoms with Crippen LogP contribution in [-0.2, 0) is 0 Å². The minimum atomic E-state index is 0.765. The Balaban J connectivity index is 1.94. The maximum atomic E-state index is 10.5. The lowest BCUT2D eigenvalue weighted by Gasteiger charge is -2.26. The first-order valence-electron chi connectivity index (χ1n) is 6.00. The van der Waals surface area contributed by atoms with Crippen LogP contribution in [0.1, 0.15) is 43.0 Å². The van der Waals surface area contributed by atoms with Crippen LogP contribution in [0.3, 0.4) is 0 Å². The average Bonchev–Trinajstić information content (AvgIpc) is 2.30. The molecule has 0 radical (unpaired) electrons. The minimum Gasteiger partial charge on any atom is -0.298 e. The first-order valence-corrected chi connectivity index (χ1v) is 6.88. The molecular formula is C14H18OS. The molecule has 2 heteroatoms. The molecule has 1 nitrogen and oxygen atoms in total. The lowest BCUT2D eigenvalue weighted by Crippen LogP contribution is -2.14. The third-order valence-corrected chi connectivity index (χ3v) is 4.51. The van der Waals surface area contributed by atoms with Gasteiger partial charge in [0, 0.05) is 15.7 Å². The second kappa shape index (κ2) is 5.53. The topological polar surface area (TPSA) is 17.1 Å². The second-order valence-corrected chi connectivity index (χ2v) is 6.07. The number of hydrogen-bond acceptors (Lipinski definition) is 2. The molecule has 0 heterocycles. The Morgan fingerprint density at radius 3 is 2.62 bits per heavy atom. The summed E-state index contributed by atoms with van der Waals surface area (Å²) in [4.78, 5) is 11.8. The molecule has 0 saturated heterocycles. The highest BCUT2D eigenvalue weighted by atomic mass is 32.2. The largest absolute Gasteiger partial charge is 0.298 e. The van der Waals surface area contributed by atoms with Crippen molar-refractivity contribution in [1.82, 2.24) is 0 Å². The molecule has 1 aliphatic carbocycles. The lowest BCUT2D eigenvalue weighted by atomic mass is 9.91. The standard InChI is InChI=1S/C14H18OS/c1-11-3-2-4-14(9-11)16-13-7-5-12(10-15)6-8-13/h5-8,10-11,14H,2-4,9H2,1H3. The molecule has 0 N–H and O–H groups in total. The summed E-state index contributed by atoms with van der Waals surface area (Å²) in [6.07, 6.45) is 6.33. The van der Waals surface area contributed by atoms with Gasteiger partial charge in [-0.3, -0.25) is 4.79 Å². The first-order chi connectivity index (χ1) is 7.78. The van der Waals surface area contributed by atoms with Gasteiger partial charge < -0.3 is 0 Å². The van der Waals surface area contributed by atoms with Crippen molar-refractivity contribution in [2.75, 3.05) is 0 Å². The van der Waals surface area contributed by atoms with Gasteiger partial charge in [-0.15, -0.1) is 11.8 Å². The number of carbonyl (C=O) groups excluding carboxylic acids is 1. The zero-order chi connectivity index (χ0) is 11.4. The van der Waals surface area contributed by atoms with Gasteiger partial charge in [0.05, 0.1) is 0 Å². The van der Waals surface area contributed by atoms with E-state index in [-0.39, 0.29) is 0 Å². The van der Waals surface area contributed by atoms with E-state index in [1.54, 1.807) is 0 Å². The van der Waals surface area contributed by atoms with Crippen LogP contribution in [-0.4, -0.2) is 11.5 Å². The highest BCUT2D eigenvalue weighted by Gasteiger charge is 2.19. The van der Waals surface area contributed by atoms with Crippen LogP contribution >= 0.6 is 11.8 Å². The first kappa shape index (κ1) is 11.7. The van der Waals surface area contributed by atoms with Gasteiger partial charge in [-0.2, -0.15) is 0 Å². The summed E-state index contributed by atoms with van der Waals surface area (Å²) in [7, 11) is 0. The van der Waals surface area contributed by atoms with Crippen molar-refractivity contribution in [3.8, 4) is 0 Å². The van der Waals surface area contributed by atoms with E-state index in [4.69, 9.17) is 0 Å². The van der Waals surface area contributed by atoms with E-state index in [0.29, 0.717) is 0 Å². The summed E-state index contributed by atoms with van der Waals surface area (Å²) in [5.74, 6) is 0.875. The number of benzene rings is 1. The summed E-state index contributed by atoms with van der Waals surface area (Å²) in [5, 5.41) is 0.769. The van der Waals surface area contributed by atoms with Gasteiger partial charge in [-0.25, -0.2) is 0 Å². The Labute approximate surface area is 102 Å². The van der Waals surface area contributed by atoms with Gasteiger partial charge in [0.15, 0.2) is 0 Å². The van der Waals surface area contributed by atoms with Gasteiger partial charge in [0.25, 0.3) is 0 Å². The molecule has 2 unspecified atom stereocenters. The SMILES string of the molecule is CC1CCCC(Sc2ccc(C=O)cc2)C1. The van der Waals surface area contributed by atoms with E-state index in [2.05, 4.69) is 19.1 Å². The van der Waals surface area contributed by atoms with Crippen LogP contribution in [0, 0.1) is 5.92 Å². The number of aldehydes is 1. The van der Waals surface area contributed by atoms with Gasteiger partial charge in [0.2, 0.25) is 0 Å². The Morgan fingerprint density at radius 1 is 1.25 bits per heavy atom. The van der Waals surface area contributed by atoms with Crippen molar-refractivity contribution in [3.63, 3.8) is 0 Å². The third-order valence-electron chi connectivity index (χ3n) is 3.21. The Hall–Kier alpha value is -0.760. The maximum Gasteiger partial charge on any atom is 0.150 e. The van der Waals surface area contributed by atoms with Crippen molar-refractivity contribution in [3.05, 3.63) is 29.8 Å². The second-order valence-electron chi connectivity index (χ2n) is 4.70. The van der Waals surface area contributed by atoms with Crippen LogP contribution in [0.15, 0.2) is 29.2 Å². The summed E-state index contributed by atoms with van der Waals surface area (Å²) >= 11 is 1.97. The minimum absolute atomic E-state index is 0.765. The van der Waals surface area contributed by atoms with Crippen molar-refractivity contribution < 1.29 is 4.79 Å². The predicted molar refractivity (Wildman–Crippen MR) is 69.1 cm³/mol. The molecule has 1 aliphatic rings. The molecule has 1 fully saturated rings. The normalized spacial score (nSPS) is 25.3. The molecule has 2 rings (SSSR count). The fraction of sp³-hybridized carbons (Fsp3) is 0.500. The molecule has 1 aromatic rings. The van der Waals surface area contributed by atoms with Gasteiger partial charge in [-0.1, -0.05) is 31.9 Å². The summed E-state index contributed by atoms with van der Waals surface area (Å²) < 4.78 is 0. The monoisotopic (exact) mass is 234 g/mol. The van der Waals surface area contributed by atoms with Crippen LogP contribution < -0.4 is 0 Å². The fourth-order valence-electron chi connectivity index (χ4n) is 2.30. The molecule has 0 bridgehead atoms. The molecule has 1 aromatic carbocycles. The molecule has 0 aliphatic heterocycles. The number of carbonyl (C=O) groups is 1. The van der Waals surface area contributed by atoms with Crippen molar-refractivity contribution in [2.24, 2.45) is 5.92 Å². The van der Waals surface area contributed by atoms with Gasteiger partial charge in [0.1, 0.15) is 6.29 Å². The van der Waals surface area contributed by atoms with Crippen molar-refractivity contribution in [1.29, 1.82) is 0 Å². The summed E-state index contributed by atoms with van der Waals surface area (Å²) in [5.41, 5.74) is 0.765. The Kier molecular flexibility index (Phi) is 4.05. The van der Waals surface area contributed by atoms with Gasteiger partial charge in [-0.05, 0) is 30.9 Å². The molecular weight excluding hydrogens is 216 g/mol. The smallest absolute Gasteiger partial charge is 0.150 e. The predicted octanol–water partition coefficient (Wildman–Crippen LogP) is 4.17. The van der Waals surface area contributed by atoms with Crippen LogP contribution in [0.5, 0.6) is 0 Å². The molecule has 2 atom stereocenters. The van der Waals surface area contributed by atoms with E-state index < -0.39 is 0 Å². The molecule has 1 saturated carbocycles. The molecule has 0 aromatic heterocycles. The van der Waals surface area contributed by atoms with Crippen LogP contribution in [0.4, 0.5) is 0 Å². The summed E-state index contributed by atoms with van der Waals surface area (Å²) in [6, 6.07) is 7.94. The van der Waals surface area contributed by atoms with Crippen LogP contribution in [0.25, 0.3) is 0 Å². The zero-order valence-electron chi connectivity index (χ0n) is 9.69. The average molecular weight is 234 g/mol. The molecule has 0 amide bonds. The molecule has 16 heavy (non-hydrogen) atoms. The quantitative estimate of drug-likeness (QED) is 0.730. The third kappa shape index (κ3) is 3.11. The lowest BCUT2D eigenvalue weighted by molar-refractivity contribution is 0.112. The number of rotatable bonds is 3. The highest BCUT2D eigenvalue weighted by molar-refractivity contribution is 8.00. The van der Waals surface area contributed by atoms with Gasteiger partial charge >= 0.3 is 0 Å².